The highest BCUT2D eigenvalue weighted by Gasteiger charge is 2.41. The minimum absolute atomic E-state index is 0.0104. The number of carbonyl (C=O) groups excluding carboxylic acids is 1. The third kappa shape index (κ3) is 5.27. The molecule has 0 atom stereocenters. The largest absolute Gasteiger partial charge is 0.436 e. The van der Waals surface area contributed by atoms with Crippen molar-refractivity contribution in [2.75, 3.05) is 5.32 Å². The van der Waals surface area contributed by atoms with Crippen molar-refractivity contribution in [2.24, 2.45) is 0 Å². The molecule has 33 heavy (non-hydrogen) atoms. The van der Waals surface area contributed by atoms with E-state index in [2.05, 4.69) is 31.4 Å². The maximum Gasteiger partial charge on any atom is 0.436 e. The fourth-order valence-corrected chi connectivity index (χ4v) is 4.85. The molecule has 1 aliphatic carbocycles. The summed E-state index contributed by atoms with van der Waals surface area (Å²) in [4.78, 5) is 12.6. The molecule has 0 spiro atoms. The van der Waals surface area contributed by atoms with E-state index in [1.54, 1.807) is 17.7 Å². The average molecular weight is 545 g/mol. The van der Waals surface area contributed by atoms with Crippen LogP contribution in [0.4, 0.5) is 18.9 Å². The molecule has 0 saturated heterocycles. The van der Waals surface area contributed by atoms with Gasteiger partial charge in [-0.15, -0.1) is 0 Å². The highest BCUT2D eigenvalue weighted by Crippen LogP contribution is 2.47. The summed E-state index contributed by atoms with van der Waals surface area (Å²) in [5.41, 5.74) is 2.57. The first-order chi connectivity index (χ1) is 15.5. The van der Waals surface area contributed by atoms with Gasteiger partial charge in [-0.05, 0) is 60.3 Å². The molecule has 0 aliphatic heterocycles. The van der Waals surface area contributed by atoms with E-state index >= 15 is 0 Å². The lowest BCUT2D eigenvalue weighted by atomic mass is 10.2. The van der Waals surface area contributed by atoms with Crippen molar-refractivity contribution in [3.05, 3.63) is 62.1 Å². The Morgan fingerprint density at radius 1 is 1.24 bits per heavy atom. The maximum atomic E-state index is 13.3. The predicted octanol–water partition coefficient (Wildman–Crippen LogP) is 6.09. The first kappa shape index (κ1) is 23.8. The van der Waals surface area contributed by atoms with Crippen LogP contribution < -0.4 is 5.32 Å². The number of amides is 1. The Morgan fingerprint density at radius 2 is 1.97 bits per heavy atom. The zero-order valence-electron chi connectivity index (χ0n) is 18.0. The topological polar surface area (TPSA) is 64.7 Å². The van der Waals surface area contributed by atoms with E-state index < -0.39 is 11.9 Å². The van der Waals surface area contributed by atoms with Gasteiger partial charge in [0, 0.05) is 17.4 Å². The molecule has 1 N–H and O–H groups in total. The summed E-state index contributed by atoms with van der Waals surface area (Å²) < 4.78 is 42.9. The molecule has 0 unspecified atom stereocenters. The number of nitrogens with zero attached hydrogens (tertiary/aromatic N) is 4. The molecule has 4 rings (SSSR count). The predicted molar refractivity (Wildman–Crippen MR) is 122 cm³/mol. The van der Waals surface area contributed by atoms with Crippen LogP contribution in [0.2, 0.25) is 5.02 Å². The molecule has 0 bridgehead atoms. The standard InChI is InChI=1S/C22H22BrClF3N5O/c1-12-19(13(2)32(29-12)11-14-4-3-5-16(24)10-14)28-17(33)8-9-31-20(15-6-7-15)18(23)21(30-31)22(25,26)27/h3-5,10,15H,6-9,11H2,1-2H3,(H,28,33). The zero-order chi connectivity index (χ0) is 23.9. The van der Waals surface area contributed by atoms with Crippen LogP contribution >= 0.6 is 27.5 Å². The van der Waals surface area contributed by atoms with Crippen molar-refractivity contribution in [1.82, 2.24) is 19.6 Å². The molecule has 176 valence electrons. The third-order valence-electron chi connectivity index (χ3n) is 5.58. The molecule has 2 aromatic heterocycles. The van der Waals surface area contributed by atoms with E-state index in [1.165, 1.54) is 4.68 Å². The fraction of sp³-hybridized carbons (Fsp3) is 0.409. The van der Waals surface area contributed by atoms with Crippen LogP contribution in [0.15, 0.2) is 28.7 Å². The van der Waals surface area contributed by atoms with Crippen LogP contribution in [0.3, 0.4) is 0 Å². The maximum absolute atomic E-state index is 13.3. The lowest BCUT2D eigenvalue weighted by molar-refractivity contribution is -0.142. The Bertz CT molecular complexity index is 1200. The Morgan fingerprint density at radius 3 is 2.61 bits per heavy atom. The summed E-state index contributed by atoms with van der Waals surface area (Å²) in [5, 5.41) is 11.7. The average Bonchev–Trinajstić information content (AvgIpc) is 3.45. The van der Waals surface area contributed by atoms with Gasteiger partial charge in [0.25, 0.3) is 0 Å². The number of nitrogens with one attached hydrogen (secondary N) is 1. The van der Waals surface area contributed by atoms with Gasteiger partial charge < -0.3 is 5.32 Å². The molecular weight excluding hydrogens is 523 g/mol. The Hall–Kier alpha value is -2.33. The quantitative estimate of drug-likeness (QED) is 0.392. The first-order valence-electron chi connectivity index (χ1n) is 10.5. The number of aryl methyl sites for hydroxylation is 2. The minimum atomic E-state index is -4.55. The third-order valence-corrected chi connectivity index (χ3v) is 6.60. The summed E-state index contributed by atoms with van der Waals surface area (Å²) in [6.07, 6.45) is -2.93. The second kappa shape index (κ2) is 9.13. The van der Waals surface area contributed by atoms with Gasteiger partial charge in [-0.25, -0.2) is 0 Å². The number of benzene rings is 1. The van der Waals surface area contributed by atoms with Gasteiger partial charge in [-0.1, -0.05) is 23.7 Å². The molecule has 6 nitrogen and oxygen atoms in total. The summed E-state index contributed by atoms with van der Waals surface area (Å²) in [7, 11) is 0. The number of rotatable bonds is 7. The second-order valence-electron chi connectivity index (χ2n) is 8.17. The highest BCUT2D eigenvalue weighted by atomic mass is 79.9. The summed E-state index contributed by atoms with van der Waals surface area (Å²) in [5.74, 6) is -0.273. The number of carbonyl (C=O) groups is 1. The molecule has 1 aromatic carbocycles. The van der Waals surface area contributed by atoms with Gasteiger partial charge in [0.2, 0.25) is 5.91 Å². The molecule has 1 aliphatic rings. The van der Waals surface area contributed by atoms with Crippen molar-refractivity contribution in [2.45, 2.75) is 58.3 Å². The van der Waals surface area contributed by atoms with Crippen molar-refractivity contribution in [1.29, 1.82) is 0 Å². The van der Waals surface area contributed by atoms with Gasteiger partial charge in [0.05, 0.1) is 40.3 Å². The number of alkyl halides is 3. The molecule has 2 heterocycles. The van der Waals surface area contributed by atoms with E-state index in [1.807, 2.05) is 25.1 Å². The summed E-state index contributed by atoms with van der Waals surface area (Å²) in [6.45, 7) is 4.20. The Balaban J connectivity index is 1.45. The van der Waals surface area contributed by atoms with E-state index in [4.69, 9.17) is 11.6 Å². The normalized spacial score (nSPS) is 14.0. The molecule has 1 saturated carbocycles. The van der Waals surface area contributed by atoms with Gasteiger partial charge in [0.15, 0.2) is 5.69 Å². The van der Waals surface area contributed by atoms with Gasteiger partial charge in [0.1, 0.15) is 0 Å². The molecule has 1 amide bonds. The number of hydrogen-bond acceptors (Lipinski definition) is 3. The van der Waals surface area contributed by atoms with Crippen LogP contribution in [0.1, 0.15) is 53.5 Å². The van der Waals surface area contributed by atoms with Crippen LogP contribution in [0.5, 0.6) is 0 Å². The van der Waals surface area contributed by atoms with E-state index in [0.29, 0.717) is 28.6 Å². The van der Waals surface area contributed by atoms with Crippen LogP contribution in [0.25, 0.3) is 0 Å². The van der Waals surface area contributed by atoms with Crippen molar-refractivity contribution >= 4 is 39.1 Å². The smallest absolute Gasteiger partial charge is 0.323 e. The van der Waals surface area contributed by atoms with Crippen LogP contribution in [-0.2, 0) is 24.1 Å². The molecular formula is C22H22BrClF3N5O. The fourth-order valence-electron chi connectivity index (χ4n) is 3.80. The van der Waals surface area contributed by atoms with Crippen molar-refractivity contribution < 1.29 is 18.0 Å². The first-order valence-corrected chi connectivity index (χ1v) is 11.6. The molecule has 11 heteroatoms. The Kier molecular flexibility index (Phi) is 6.59. The van der Waals surface area contributed by atoms with Gasteiger partial charge in [-0.3, -0.25) is 14.2 Å². The van der Waals surface area contributed by atoms with E-state index in [9.17, 15) is 18.0 Å². The second-order valence-corrected chi connectivity index (χ2v) is 9.40. The minimum Gasteiger partial charge on any atom is -0.323 e. The lowest BCUT2D eigenvalue weighted by Crippen LogP contribution is -2.17. The van der Waals surface area contributed by atoms with Crippen LogP contribution in [-0.4, -0.2) is 25.5 Å². The Labute approximate surface area is 202 Å². The molecule has 1 fully saturated rings. The SMILES string of the molecule is Cc1nn(Cc2cccc(Cl)c2)c(C)c1NC(=O)CCn1nc(C(F)(F)F)c(Br)c1C1CC1. The number of anilines is 1. The summed E-state index contributed by atoms with van der Waals surface area (Å²) >= 11 is 9.12. The molecule has 0 radical (unpaired) electrons. The van der Waals surface area contributed by atoms with E-state index in [0.717, 1.165) is 24.1 Å². The monoisotopic (exact) mass is 543 g/mol. The summed E-state index contributed by atoms with van der Waals surface area (Å²) in [6, 6.07) is 7.45. The van der Waals surface area contributed by atoms with Gasteiger partial charge in [-0.2, -0.15) is 23.4 Å². The lowest BCUT2D eigenvalue weighted by Gasteiger charge is -2.09. The zero-order valence-corrected chi connectivity index (χ0v) is 20.4. The molecule has 3 aromatic rings. The number of hydrogen-bond donors (Lipinski definition) is 1. The number of halogens is 5. The van der Waals surface area contributed by atoms with Crippen molar-refractivity contribution in [3.63, 3.8) is 0 Å². The van der Waals surface area contributed by atoms with Crippen LogP contribution in [0, 0.1) is 13.8 Å². The van der Waals surface area contributed by atoms with E-state index in [-0.39, 0.29) is 29.3 Å². The highest BCUT2D eigenvalue weighted by molar-refractivity contribution is 9.10. The van der Waals surface area contributed by atoms with Crippen molar-refractivity contribution in [3.8, 4) is 0 Å². The number of aromatic nitrogens is 4. The van der Waals surface area contributed by atoms with Gasteiger partial charge >= 0.3 is 6.18 Å².